The van der Waals surface area contributed by atoms with E-state index in [4.69, 9.17) is 0 Å². The summed E-state index contributed by atoms with van der Waals surface area (Å²) in [6.07, 6.45) is 0.767. The van der Waals surface area contributed by atoms with Gasteiger partial charge in [0.1, 0.15) is 5.82 Å². The molecule has 2 aromatic rings. The van der Waals surface area contributed by atoms with Crippen LogP contribution in [0.15, 0.2) is 42.6 Å². The van der Waals surface area contributed by atoms with Gasteiger partial charge >= 0.3 is 0 Å². The van der Waals surface area contributed by atoms with Crippen molar-refractivity contribution in [1.82, 2.24) is 10.3 Å². The molecular formula is C22H22F3N3O2. The molecule has 30 heavy (non-hydrogen) atoms. The number of aromatic nitrogens is 1. The van der Waals surface area contributed by atoms with Gasteiger partial charge in [0.15, 0.2) is 0 Å². The number of benzene rings is 1. The minimum Gasteiger partial charge on any atom is -0.349 e. The molecule has 2 atom stereocenters. The van der Waals surface area contributed by atoms with Crippen molar-refractivity contribution in [3.05, 3.63) is 59.7 Å². The van der Waals surface area contributed by atoms with E-state index in [9.17, 15) is 22.8 Å². The third-order valence-corrected chi connectivity index (χ3v) is 5.91. The van der Waals surface area contributed by atoms with Gasteiger partial charge in [-0.1, -0.05) is 6.07 Å². The molecule has 1 spiro atoms. The largest absolute Gasteiger partial charge is 0.349 e. The van der Waals surface area contributed by atoms with E-state index in [1.165, 1.54) is 35.4 Å². The Morgan fingerprint density at radius 3 is 2.77 bits per heavy atom. The molecule has 5 nitrogen and oxygen atoms in total. The van der Waals surface area contributed by atoms with Gasteiger partial charge in [-0.05, 0) is 50.1 Å². The van der Waals surface area contributed by atoms with Gasteiger partial charge in [-0.3, -0.25) is 14.6 Å². The lowest BCUT2D eigenvalue weighted by atomic mass is 9.69. The van der Waals surface area contributed by atoms with Crippen molar-refractivity contribution in [2.24, 2.45) is 5.41 Å². The minimum atomic E-state index is -3.09. The van der Waals surface area contributed by atoms with Gasteiger partial charge in [0.25, 0.3) is 11.8 Å². The number of halogens is 3. The van der Waals surface area contributed by atoms with Crippen LogP contribution in [0, 0.1) is 18.2 Å². The molecule has 1 saturated heterocycles. The van der Waals surface area contributed by atoms with Crippen molar-refractivity contribution in [3.63, 3.8) is 0 Å². The number of hydrogen-bond acceptors (Lipinski definition) is 3. The number of nitrogens with zero attached hydrogens (tertiary/aromatic N) is 2. The van der Waals surface area contributed by atoms with Gasteiger partial charge in [0, 0.05) is 48.6 Å². The zero-order chi connectivity index (χ0) is 21.5. The highest BCUT2D eigenvalue weighted by Crippen LogP contribution is 2.51. The van der Waals surface area contributed by atoms with Crippen LogP contribution in [0.5, 0.6) is 0 Å². The summed E-state index contributed by atoms with van der Waals surface area (Å²) in [7, 11) is 0. The van der Waals surface area contributed by atoms with Gasteiger partial charge in [0.2, 0.25) is 5.91 Å². The standard InChI is InChI=1S/C22H22F3N3O2/c1-14-9-15(5-7-26-14)19(29)27-17-11-21(13-22(24,25)12-17)6-8-28(20(21)30)18-4-2-3-16(23)10-18/h2-5,7,9-10,17H,6,8,11-13H2,1H3,(H,27,29). The number of amides is 2. The zero-order valence-electron chi connectivity index (χ0n) is 16.5. The Hall–Kier alpha value is -2.90. The van der Waals surface area contributed by atoms with Crippen molar-refractivity contribution in [3.8, 4) is 0 Å². The first-order chi connectivity index (χ1) is 14.2. The van der Waals surface area contributed by atoms with Crippen LogP contribution in [0.1, 0.15) is 41.7 Å². The number of nitrogens with one attached hydrogen (secondary N) is 1. The molecule has 0 radical (unpaired) electrons. The van der Waals surface area contributed by atoms with E-state index in [-0.39, 0.29) is 19.4 Å². The first kappa shape index (κ1) is 20.4. The average Bonchev–Trinajstić information content (AvgIpc) is 2.95. The second-order valence-electron chi connectivity index (χ2n) is 8.26. The van der Waals surface area contributed by atoms with Crippen LogP contribution in [0.2, 0.25) is 0 Å². The lowest BCUT2D eigenvalue weighted by Crippen LogP contribution is -2.52. The second kappa shape index (κ2) is 7.41. The number of hydrogen-bond donors (Lipinski definition) is 1. The van der Waals surface area contributed by atoms with Crippen LogP contribution in [0.3, 0.4) is 0 Å². The maximum Gasteiger partial charge on any atom is 0.251 e. The fourth-order valence-electron chi connectivity index (χ4n) is 4.67. The van der Waals surface area contributed by atoms with Crippen LogP contribution in [-0.2, 0) is 4.79 Å². The highest BCUT2D eigenvalue weighted by molar-refractivity contribution is 6.00. The van der Waals surface area contributed by atoms with E-state index in [2.05, 4.69) is 10.3 Å². The summed E-state index contributed by atoms with van der Waals surface area (Å²) >= 11 is 0. The van der Waals surface area contributed by atoms with Crippen molar-refractivity contribution in [2.75, 3.05) is 11.4 Å². The predicted molar refractivity (Wildman–Crippen MR) is 105 cm³/mol. The third-order valence-electron chi connectivity index (χ3n) is 5.91. The fourth-order valence-corrected chi connectivity index (χ4v) is 4.67. The van der Waals surface area contributed by atoms with E-state index in [0.29, 0.717) is 16.9 Å². The molecule has 2 heterocycles. The molecule has 2 aliphatic rings. The quantitative estimate of drug-likeness (QED) is 0.825. The Morgan fingerprint density at radius 1 is 1.23 bits per heavy atom. The number of pyridine rings is 1. The summed E-state index contributed by atoms with van der Waals surface area (Å²) < 4.78 is 42.9. The Kier molecular flexibility index (Phi) is 5.03. The minimum absolute atomic E-state index is 0.128. The summed E-state index contributed by atoms with van der Waals surface area (Å²) in [6, 6.07) is 7.82. The molecule has 1 aliphatic heterocycles. The van der Waals surface area contributed by atoms with Crippen molar-refractivity contribution >= 4 is 17.5 Å². The third kappa shape index (κ3) is 3.91. The Balaban J connectivity index is 1.55. The topological polar surface area (TPSA) is 62.3 Å². The molecule has 1 N–H and O–H groups in total. The number of aryl methyl sites for hydroxylation is 1. The smallest absolute Gasteiger partial charge is 0.251 e. The van der Waals surface area contributed by atoms with Crippen molar-refractivity contribution in [2.45, 2.75) is 44.6 Å². The summed E-state index contributed by atoms with van der Waals surface area (Å²) in [5, 5.41) is 2.68. The van der Waals surface area contributed by atoms with Crippen molar-refractivity contribution < 1.29 is 22.8 Å². The van der Waals surface area contributed by atoms with Crippen LogP contribution in [0.25, 0.3) is 0 Å². The molecule has 1 aliphatic carbocycles. The normalized spacial score (nSPS) is 25.5. The molecule has 1 aromatic carbocycles. The molecule has 158 valence electrons. The van der Waals surface area contributed by atoms with Gasteiger partial charge in [-0.2, -0.15) is 0 Å². The first-order valence-corrected chi connectivity index (χ1v) is 9.86. The number of rotatable bonds is 3. The molecule has 1 aromatic heterocycles. The van der Waals surface area contributed by atoms with Gasteiger partial charge in [-0.15, -0.1) is 0 Å². The lowest BCUT2D eigenvalue weighted by molar-refractivity contribution is -0.140. The number of carbonyl (C=O) groups is 2. The van der Waals surface area contributed by atoms with Gasteiger partial charge in [0.05, 0.1) is 5.41 Å². The van der Waals surface area contributed by atoms with Gasteiger partial charge < -0.3 is 10.2 Å². The number of anilines is 1. The lowest BCUT2D eigenvalue weighted by Gasteiger charge is -2.41. The molecule has 2 unspecified atom stereocenters. The van der Waals surface area contributed by atoms with Crippen LogP contribution in [-0.4, -0.2) is 35.3 Å². The average molecular weight is 417 g/mol. The van der Waals surface area contributed by atoms with Crippen LogP contribution in [0.4, 0.5) is 18.9 Å². The van der Waals surface area contributed by atoms with E-state index < -0.39 is 47.9 Å². The Labute approximate surface area is 172 Å². The predicted octanol–water partition coefficient (Wildman–Crippen LogP) is 3.87. The van der Waals surface area contributed by atoms with Crippen molar-refractivity contribution in [1.29, 1.82) is 0 Å². The molecule has 2 amide bonds. The summed E-state index contributed by atoms with van der Waals surface area (Å²) in [5.41, 5.74) is 0.0631. The highest BCUT2D eigenvalue weighted by Gasteiger charge is 2.57. The maximum absolute atomic E-state index is 14.6. The molecular weight excluding hydrogens is 395 g/mol. The summed E-state index contributed by atoms with van der Waals surface area (Å²) in [6.45, 7) is 1.97. The van der Waals surface area contributed by atoms with E-state index in [0.717, 1.165) is 0 Å². The zero-order valence-corrected chi connectivity index (χ0v) is 16.5. The first-order valence-electron chi connectivity index (χ1n) is 9.86. The Bertz CT molecular complexity index is 997. The summed E-state index contributed by atoms with van der Waals surface area (Å²) in [4.78, 5) is 31.1. The van der Waals surface area contributed by atoms with E-state index in [1.54, 1.807) is 19.1 Å². The molecule has 8 heteroatoms. The monoisotopic (exact) mass is 417 g/mol. The SMILES string of the molecule is Cc1cc(C(=O)NC2CC(F)(F)CC3(CCN(c4cccc(F)c4)C3=O)C2)ccn1. The molecule has 2 fully saturated rings. The molecule has 1 saturated carbocycles. The maximum atomic E-state index is 14.6. The molecule has 4 rings (SSSR count). The van der Waals surface area contributed by atoms with E-state index >= 15 is 0 Å². The highest BCUT2D eigenvalue weighted by atomic mass is 19.3. The summed E-state index contributed by atoms with van der Waals surface area (Å²) in [5.74, 6) is -4.48. The molecule has 0 bridgehead atoms. The fraction of sp³-hybridized carbons (Fsp3) is 0.409. The number of carbonyl (C=O) groups excluding carboxylic acids is 2. The van der Waals surface area contributed by atoms with E-state index in [1.807, 2.05) is 0 Å². The van der Waals surface area contributed by atoms with Gasteiger partial charge in [-0.25, -0.2) is 13.2 Å². The van der Waals surface area contributed by atoms with Crippen LogP contribution >= 0.6 is 0 Å². The Morgan fingerprint density at radius 2 is 2.03 bits per heavy atom. The number of alkyl halides is 2. The van der Waals surface area contributed by atoms with Crippen LogP contribution < -0.4 is 10.2 Å². The second-order valence-corrected chi connectivity index (χ2v) is 8.26.